The molecule has 120 heavy (non-hydrogen) atoms. The van der Waals surface area contributed by atoms with E-state index < -0.39 is 0 Å². The van der Waals surface area contributed by atoms with Crippen molar-refractivity contribution in [3.05, 3.63) is 406 Å². The van der Waals surface area contributed by atoms with Gasteiger partial charge in [-0.25, -0.2) is 39.9 Å². The van der Waals surface area contributed by atoms with E-state index in [1.165, 1.54) is 0 Å². The van der Waals surface area contributed by atoms with Gasteiger partial charge in [0, 0.05) is 66.7 Å². The Balaban J connectivity index is 0.000000108. The van der Waals surface area contributed by atoms with Crippen molar-refractivity contribution in [2.75, 3.05) is 0 Å². The molecular weight excluding hydrogens is 1480 g/mol. The van der Waals surface area contributed by atoms with Gasteiger partial charge < -0.3 is 13.3 Å². The average molecular weight is 1540 g/mol. The van der Waals surface area contributed by atoms with E-state index in [1.807, 2.05) is 212 Å². The zero-order chi connectivity index (χ0) is 79.4. The SMILES string of the molecule is c1ccc(-c2cc(-c3ccccc3)nc(-n3c4ccccc4c4c5oc(-c6ccccc6)nc5ccc43)c2)cc1.c1ccc(-c2cc(-c3ccccc3)nc(-n3c4ccccc4c4c5oc(-c6ccccc6)nc5ccc43)n2)cc1.c1ccc(-c2cc(-n3c4ccccc4c4c5oc(-c6ccccc6)nc5ccc43)nc(-c3ccccc3)n2)cc1. The molecule has 0 atom stereocenters. The lowest BCUT2D eigenvalue weighted by atomic mass is 10.0. The first-order chi connectivity index (χ1) is 59.5. The predicted molar refractivity (Wildman–Crippen MR) is 483 cm³/mol. The normalized spacial score (nSPS) is 11.5. The Hall–Kier alpha value is -16.6. The smallest absolute Gasteiger partial charge is 0.235 e. The predicted octanol–water partition coefficient (Wildman–Crippen LogP) is 26.8. The first-order valence-electron chi connectivity index (χ1n) is 39.8. The van der Waals surface area contributed by atoms with Crippen LogP contribution in [0.25, 0.3) is 218 Å². The number of para-hydroxylation sites is 3. The van der Waals surface area contributed by atoms with Crippen molar-refractivity contribution >= 4 is 98.7 Å². The highest BCUT2D eigenvalue weighted by molar-refractivity contribution is 6.22. The molecule has 0 amide bonds. The molecule has 0 aliphatic heterocycles. The van der Waals surface area contributed by atoms with Gasteiger partial charge in [-0.3, -0.25) is 13.7 Å². The van der Waals surface area contributed by atoms with Gasteiger partial charge in [0.15, 0.2) is 22.6 Å². The topological polar surface area (TPSA) is 157 Å². The Labute approximate surface area is 687 Å². The number of rotatable bonds is 12. The maximum Gasteiger partial charge on any atom is 0.235 e. The minimum Gasteiger partial charge on any atom is -0.435 e. The molecular formula is C106H67N11O3. The number of nitrogens with zero attached hydrogens (tertiary/aromatic N) is 11. The van der Waals surface area contributed by atoms with Gasteiger partial charge in [0.1, 0.15) is 28.2 Å². The van der Waals surface area contributed by atoms with Crippen LogP contribution >= 0.6 is 0 Å². The lowest BCUT2D eigenvalue weighted by Gasteiger charge is -2.13. The van der Waals surface area contributed by atoms with Crippen molar-refractivity contribution in [1.29, 1.82) is 0 Å². The molecule has 14 nitrogen and oxygen atoms in total. The number of hydrogen-bond donors (Lipinski definition) is 0. The van der Waals surface area contributed by atoms with Gasteiger partial charge in [-0.1, -0.05) is 291 Å². The van der Waals surface area contributed by atoms with Crippen LogP contribution in [-0.4, -0.2) is 53.6 Å². The highest BCUT2D eigenvalue weighted by Crippen LogP contribution is 2.44. The molecule has 0 fully saturated rings. The van der Waals surface area contributed by atoms with Crippen molar-refractivity contribution in [2.45, 2.75) is 0 Å². The number of hydrogen-bond acceptors (Lipinski definition) is 11. The highest BCUT2D eigenvalue weighted by atomic mass is 16.4. The molecule has 0 unspecified atom stereocenters. The summed E-state index contributed by atoms with van der Waals surface area (Å²) in [5.74, 6) is 4.77. The van der Waals surface area contributed by atoms with Crippen molar-refractivity contribution in [1.82, 2.24) is 53.6 Å². The molecule has 24 aromatic rings. The fourth-order valence-electron chi connectivity index (χ4n) is 16.4. The van der Waals surface area contributed by atoms with Gasteiger partial charge in [0.2, 0.25) is 23.6 Å². The summed E-state index contributed by atoms with van der Waals surface area (Å²) in [6.45, 7) is 0. The van der Waals surface area contributed by atoms with Crippen LogP contribution in [0.15, 0.2) is 420 Å². The summed E-state index contributed by atoms with van der Waals surface area (Å²) in [5.41, 5.74) is 24.7. The number of pyridine rings is 1. The largest absolute Gasteiger partial charge is 0.435 e. The number of benzene rings is 15. The molecule has 0 radical (unpaired) electrons. The van der Waals surface area contributed by atoms with Crippen molar-refractivity contribution < 1.29 is 13.3 Å². The number of fused-ring (bicyclic) bond motifs is 15. The third-order valence-corrected chi connectivity index (χ3v) is 21.9. The zero-order valence-corrected chi connectivity index (χ0v) is 64.3. The lowest BCUT2D eigenvalue weighted by molar-refractivity contribution is 0.622. The minimum atomic E-state index is 0.605. The van der Waals surface area contributed by atoms with Crippen molar-refractivity contribution in [2.24, 2.45) is 0 Å². The summed E-state index contributed by atoms with van der Waals surface area (Å²) in [4.78, 5) is 40.0. The van der Waals surface area contributed by atoms with Gasteiger partial charge in [0.05, 0.1) is 72.0 Å². The van der Waals surface area contributed by atoms with E-state index in [2.05, 4.69) is 208 Å². The third kappa shape index (κ3) is 12.7. The fourth-order valence-corrected chi connectivity index (χ4v) is 16.4. The summed E-state index contributed by atoms with van der Waals surface area (Å²) in [6, 6.07) is 138. The Morgan fingerprint density at radius 3 is 0.850 bits per heavy atom. The molecule has 0 saturated carbocycles. The van der Waals surface area contributed by atoms with Gasteiger partial charge in [-0.05, 0) is 120 Å². The number of oxazole rings is 3. The van der Waals surface area contributed by atoms with Gasteiger partial charge >= 0.3 is 0 Å². The third-order valence-electron chi connectivity index (χ3n) is 21.9. The Morgan fingerprint density at radius 1 is 0.183 bits per heavy atom. The van der Waals surface area contributed by atoms with E-state index in [0.717, 1.165) is 189 Å². The van der Waals surface area contributed by atoms with E-state index >= 15 is 0 Å². The van der Waals surface area contributed by atoms with E-state index in [4.69, 9.17) is 53.1 Å². The second-order valence-corrected chi connectivity index (χ2v) is 29.3. The van der Waals surface area contributed by atoms with Crippen LogP contribution in [0, 0.1) is 0 Å². The maximum absolute atomic E-state index is 6.47. The molecule has 0 bridgehead atoms. The summed E-state index contributed by atoms with van der Waals surface area (Å²) >= 11 is 0. The maximum atomic E-state index is 6.47. The van der Waals surface area contributed by atoms with Gasteiger partial charge in [-0.2, -0.15) is 0 Å². The van der Waals surface area contributed by atoms with E-state index in [1.54, 1.807) is 0 Å². The molecule has 0 saturated heterocycles. The van der Waals surface area contributed by atoms with E-state index in [0.29, 0.717) is 29.4 Å². The van der Waals surface area contributed by atoms with Gasteiger partial charge in [0.25, 0.3) is 0 Å². The molecule has 564 valence electrons. The molecule has 0 N–H and O–H groups in total. The standard InChI is InChI=1S/C36H23N3O.2C35H22N4O/c1-4-12-24(13-5-1)27-22-30(25-14-6-2-7-15-25)37-33(23-27)39-31-19-11-10-18-28(31)34-32(39)21-20-29-35(34)40-36(38-29)26-16-8-3-9-17-26;1-4-12-23(13-5-1)28-22-29(24-14-6-2-7-15-24)38-35(37-28)39-30-19-11-10-18-26(30)32-31(39)21-20-27-33(32)40-34(36-27)25-16-8-3-9-17-25;1-4-12-23(13-5-1)28-22-31(38-34(36-28)24-14-6-2-7-15-24)39-29-19-11-10-18-26(29)32-30(39)21-20-27-33(32)40-35(37-27)25-16-8-3-9-17-25/h1-23H;2*1-22H. The van der Waals surface area contributed by atoms with Crippen molar-refractivity contribution in [3.63, 3.8) is 0 Å². The monoisotopic (exact) mass is 1540 g/mol. The van der Waals surface area contributed by atoms with Crippen LogP contribution in [-0.2, 0) is 0 Å². The average Bonchev–Trinajstić information content (AvgIpc) is 1.58. The van der Waals surface area contributed by atoms with Crippen molar-refractivity contribution in [3.8, 4) is 119 Å². The van der Waals surface area contributed by atoms with E-state index in [9.17, 15) is 0 Å². The van der Waals surface area contributed by atoms with Crippen LogP contribution in [0.3, 0.4) is 0 Å². The minimum absolute atomic E-state index is 0.605. The van der Waals surface area contributed by atoms with Gasteiger partial charge in [-0.15, -0.1) is 0 Å². The highest BCUT2D eigenvalue weighted by Gasteiger charge is 2.26. The van der Waals surface area contributed by atoms with Crippen LogP contribution in [0.2, 0.25) is 0 Å². The molecule has 0 spiro atoms. The molecule has 14 heteroatoms. The van der Waals surface area contributed by atoms with Crippen LogP contribution in [0.4, 0.5) is 0 Å². The number of aromatic nitrogens is 11. The summed E-state index contributed by atoms with van der Waals surface area (Å²) in [5, 5.41) is 6.30. The van der Waals surface area contributed by atoms with E-state index in [-0.39, 0.29) is 0 Å². The molecule has 9 heterocycles. The summed E-state index contributed by atoms with van der Waals surface area (Å²) in [6.07, 6.45) is 0. The molecule has 0 aliphatic rings. The molecule has 15 aromatic carbocycles. The second kappa shape index (κ2) is 30.0. The lowest BCUT2D eigenvalue weighted by Crippen LogP contribution is -2.03. The fraction of sp³-hybridized carbons (Fsp3) is 0. The Bertz CT molecular complexity index is 7010. The zero-order valence-electron chi connectivity index (χ0n) is 64.3. The Kier molecular flexibility index (Phi) is 17.5. The Morgan fingerprint density at radius 2 is 0.475 bits per heavy atom. The van der Waals surface area contributed by atoms with Crippen LogP contribution in [0.1, 0.15) is 0 Å². The summed E-state index contributed by atoms with van der Waals surface area (Å²) in [7, 11) is 0. The first kappa shape index (κ1) is 70.1. The van der Waals surface area contributed by atoms with Crippen LogP contribution in [0.5, 0.6) is 0 Å². The molecule has 24 rings (SSSR count). The second-order valence-electron chi connectivity index (χ2n) is 29.3. The molecule has 9 aromatic heterocycles. The quantitative estimate of drug-likeness (QED) is 0.115. The first-order valence-corrected chi connectivity index (χ1v) is 39.8. The van der Waals surface area contributed by atoms with Crippen LogP contribution < -0.4 is 0 Å². The summed E-state index contributed by atoms with van der Waals surface area (Å²) < 4.78 is 25.9. The molecule has 0 aliphatic carbocycles.